The molecule has 0 aliphatic heterocycles. The van der Waals surface area contributed by atoms with Crippen LogP contribution in [0.1, 0.15) is 58.3 Å². The molecule has 0 bridgehead atoms. The highest BCUT2D eigenvalue weighted by Crippen LogP contribution is 2.60. The molecule has 0 aromatic rings. The quantitative estimate of drug-likeness (QED) is 0.756. The number of hydrogen-bond donors (Lipinski definition) is 1. The van der Waals surface area contributed by atoms with Gasteiger partial charge in [0.2, 0.25) is 0 Å². The van der Waals surface area contributed by atoms with Gasteiger partial charge in [0, 0.05) is 0 Å². The van der Waals surface area contributed by atoms with Crippen LogP contribution in [0.15, 0.2) is 0 Å². The zero-order chi connectivity index (χ0) is 12.5. The van der Waals surface area contributed by atoms with Gasteiger partial charge in [0.25, 0.3) is 7.48 Å². The summed E-state index contributed by atoms with van der Waals surface area (Å²) in [7, 11) is 0.416. The van der Waals surface area contributed by atoms with E-state index in [0.29, 0.717) is 7.48 Å². The molecule has 3 aliphatic carbocycles. The maximum atomic E-state index is 9.36. The molecule has 3 saturated carbocycles. The Labute approximate surface area is 113 Å². The first-order valence-corrected chi connectivity index (χ1v) is 8.47. The number of rotatable bonds is 3. The van der Waals surface area contributed by atoms with E-state index in [-0.39, 0.29) is 0 Å². The zero-order valence-corrected chi connectivity index (χ0v) is 12.0. The predicted molar refractivity (Wildman–Crippen MR) is 77.7 cm³/mol. The second kappa shape index (κ2) is 5.57. The van der Waals surface area contributed by atoms with Crippen LogP contribution < -0.4 is 0 Å². The summed E-state index contributed by atoms with van der Waals surface area (Å²) in [5, 5.41) is 9.36. The third-order valence-corrected chi connectivity index (χ3v) is 6.59. The lowest BCUT2D eigenvalue weighted by Gasteiger charge is -2.38. The van der Waals surface area contributed by atoms with E-state index in [2.05, 4.69) is 6.92 Å². The van der Waals surface area contributed by atoms with Crippen molar-refractivity contribution >= 4 is 7.48 Å². The molecule has 3 fully saturated rings. The van der Waals surface area contributed by atoms with E-state index < -0.39 is 0 Å². The zero-order valence-electron chi connectivity index (χ0n) is 12.0. The van der Waals surface area contributed by atoms with Crippen molar-refractivity contribution in [1.82, 2.24) is 0 Å². The van der Waals surface area contributed by atoms with Gasteiger partial charge in [-0.3, -0.25) is 0 Å². The van der Waals surface area contributed by atoms with Crippen LogP contribution in [0.2, 0.25) is 6.32 Å². The molecule has 0 aromatic carbocycles. The number of fused-ring (bicyclic) bond motifs is 3. The Morgan fingerprint density at radius 3 is 2.39 bits per heavy atom. The van der Waals surface area contributed by atoms with Crippen molar-refractivity contribution in [2.45, 2.75) is 64.6 Å². The van der Waals surface area contributed by atoms with Crippen LogP contribution in [0, 0.1) is 35.5 Å². The molecule has 1 nitrogen and oxygen atoms in total. The molecule has 6 unspecified atom stereocenters. The van der Waals surface area contributed by atoms with Crippen molar-refractivity contribution in [3.05, 3.63) is 0 Å². The van der Waals surface area contributed by atoms with Crippen LogP contribution in [0.4, 0.5) is 0 Å². The Kier molecular flexibility index (Phi) is 4.03. The van der Waals surface area contributed by atoms with Crippen LogP contribution >= 0.6 is 0 Å². The van der Waals surface area contributed by atoms with E-state index in [1.807, 2.05) is 0 Å². The Morgan fingerprint density at radius 2 is 1.67 bits per heavy atom. The van der Waals surface area contributed by atoms with E-state index in [9.17, 15) is 5.02 Å². The lowest BCUT2D eigenvalue weighted by atomic mass is 9.64. The fourth-order valence-corrected chi connectivity index (χ4v) is 6.13. The predicted octanol–water partition coefficient (Wildman–Crippen LogP) is 3.63. The Bertz CT molecular complexity index is 264. The Balaban J connectivity index is 1.83. The molecule has 0 spiro atoms. The molecular weight excluding hydrogens is 219 g/mol. The molecule has 0 heterocycles. The summed E-state index contributed by atoms with van der Waals surface area (Å²) < 4.78 is 0. The van der Waals surface area contributed by atoms with E-state index >= 15 is 0 Å². The summed E-state index contributed by atoms with van der Waals surface area (Å²) in [6.07, 6.45) is 12.8. The van der Waals surface area contributed by atoms with E-state index in [1.165, 1.54) is 51.4 Å². The minimum Gasteiger partial charge on any atom is -0.454 e. The monoisotopic (exact) mass is 248 g/mol. The van der Waals surface area contributed by atoms with E-state index in [0.717, 1.165) is 41.8 Å². The Morgan fingerprint density at radius 1 is 0.944 bits per heavy atom. The second-order valence-electron chi connectivity index (χ2n) is 7.13. The third-order valence-electron chi connectivity index (χ3n) is 6.59. The summed E-state index contributed by atoms with van der Waals surface area (Å²) in [6.45, 7) is 2.42. The van der Waals surface area contributed by atoms with Crippen molar-refractivity contribution in [1.29, 1.82) is 0 Å². The van der Waals surface area contributed by atoms with Gasteiger partial charge in [0.1, 0.15) is 0 Å². The standard InChI is InChI=1S/C16H29BO/c1-2-12-13-7-3-4-8-14(13)15-9-5-6-11(10-17-18)16(12)15/h11-18H,2-10H2,1H3. The van der Waals surface area contributed by atoms with Crippen LogP contribution in [0.5, 0.6) is 0 Å². The summed E-state index contributed by atoms with van der Waals surface area (Å²) >= 11 is 0. The summed E-state index contributed by atoms with van der Waals surface area (Å²) in [6, 6.07) is 0. The van der Waals surface area contributed by atoms with Gasteiger partial charge in [-0.05, 0) is 61.1 Å². The van der Waals surface area contributed by atoms with Gasteiger partial charge in [0.05, 0.1) is 0 Å². The maximum Gasteiger partial charge on any atom is 0.271 e. The van der Waals surface area contributed by atoms with Gasteiger partial charge in [-0.1, -0.05) is 39.0 Å². The molecule has 0 amide bonds. The number of hydrogen-bond acceptors (Lipinski definition) is 1. The average molecular weight is 248 g/mol. The lowest BCUT2D eigenvalue weighted by molar-refractivity contribution is 0.131. The molecule has 18 heavy (non-hydrogen) atoms. The highest BCUT2D eigenvalue weighted by atomic mass is 16.2. The summed E-state index contributed by atoms with van der Waals surface area (Å²) in [4.78, 5) is 0. The summed E-state index contributed by atoms with van der Waals surface area (Å²) in [5.74, 6) is 5.98. The smallest absolute Gasteiger partial charge is 0.271 e. The fraction of sp³-hybridized carbons (Fsp3) is 1.00. The van der Waals surface area contributed by atoms with Gasteiger partial charge in [0.15, 0.2) is 0 Å². The van der Waals surface area contributed by atoms with Crippen molar-refractivity contribution in [2.24, 2.45) is 35.5 Å². The van der Waals surface area contributed by atoms with Gasteiger partial charge in [-0.2, -0.15) is 0 Å². The highest BCUT2D eigenvalue weighted by molar-refractivity contribution is 6.25. The normalized spacial score (nSPS) is 47.4. The maximum absolute atomic E-state index is 9.36. The molecular formula is C16H29BO. The molecule has 3 rings (SSSR count). The van der Waals surface area contributed by atoms with Gasteiger partial charge in [-0.15, -0.1) is 0 Å². The van der Waals surface area contributed by atoms with Crippen molar-refractivity contribution in [2.75, 3.05) is 0 Å². The SMILES string of the molecule is CCC1C2CCCCC2C2CCCC(CBO)C12. The first-order valence-electron chi connectivity index (χ1n) is 8.47. The molecule has 1 N–H and O–H groups in total. The van der Waals surface area contributed by atoms with Crippen LogP contribution in [0.3, 0.4) is 0 Å². The largest absolute Gasteiger partial charge is 0.454 e. The lowest BCUT2D eigenvalue weighted by Crippen LogP contribution is -2.31. The average Bonchev–Trinajstić information content (AvgIpc) is 2.74. The minimum atomic E-state index is 0.416. The van der Waals surface area contributed by atoms with Gasteiger partial charge >= 0.3 is 0 Å². The van der Waals surface area contributed by atoms with Crippen LogP contribution in [-0.2, 0) is 0 Å². The molecule has 3 aliphatic rings. The topological polar surface area (TPSA) is 20.2 Å². The molecule has 102 valence electrons. The molecule has 0 aromatic heterocycles. The van der Waals surface area contributed by atoms with Gasteiger partial charge < -0.3 is 5.02 Å². The Hall–Kier alpha value is 0.0249. The first-order chi connectivity index (χ1) is 8.86. The van der Waals surface area contributed by atoms with Crippen molar-refractivity contribution in [3.8, 4) is 0 Å². The summed E-state index contributed by atoms with van der Waals surface area (Å²) in [5.41, 5.74) is 0. The third kappa shape index (κ3) is 2.05. The van der Waals surface area contributed by atoms with Gasteiger partial charge in [-0.25, -0.2) is 0 Å². The van der Waals surface area contributed by atoms with Crippen molar-refractivity contribution in [3.63, 3.8) is 0 Å². The first kappa shape index (κ1) is 13.0. The molecule has 6 atom stereocenters. The second-order valence-corrected chi connectivity index (χ2v) is 7.13. The molecule has 0 saturated heterocycles. The van der Waals surface area contributed by atoms with Crippen LogP contribution in [0.25, 0.3) is 0 Å². The van der Waals surface area contributed by atoms with E-state index in [1.54, 1.807) is 0 Å². The molecule has 2 heteroatoms. The van der Waals surface area contributed by atoms with Crippen LogP contribution in [-0.4, -0.2) is 12.5 Å². The van der Waals surface area contributed by atoms with E-state index in [4.69, 9.17) is 0 Å². The molecule has 0 radical (unpaired) electrons. The minimum absolute atomic E-state index is 0.416. The fourth-order valence-electron chi connectivity index (χ4n) is 6.13. The highest BCUT2D eigenvalue weighted by Gasteiger charge is 2.52. The van der Waals surface area contributed by atoms with Crippen molar-refractivity contribution < 1.29 is 5.02 Å².